The Hall–Kier alpha value is -1.55. The number of nitrogens with one attached hydrogen (secondary N) is 1. The number of hydrogen-bond acceptors (Lipinski definition) is 2. The molecule has 0 amide bonds. The smallest absolute Gasteiger partial charge is 0.0641 e. The van der Waals surface area contributed by atoms with Crippen molar-refractivity contribution in [1.29, 1.82) is 0 Å². The minimum atomic E-state index is 0.879. The normalized spacial score (nSPS) is 11.2. The van der Waals surface area contributed by atoms with Crippen LogP contribution in [0.1, 0.15) is 35.9 Å². The number of rotatable bonds is 6. The van der Waals surface area contributed by atoms with Crippen LogP contribution in [0.5, 0.6) is 0 Å². The van der Waals surface area contributed by atoms with E-state index < -0.39 is 0 Å². The molecule has 0 saturated carbocycles. The molecule has 19 heavy (non-hydrogen) atoms. The molecule has 0 aliphatic carbocycles. The molecule has 0 unspecified atom stereocenters. The lowest BCUT2D eigenvalue weighted by molar-refractivity contribution is 0.665. The maximum absolute atomic E-state index is 4.44. The summed E-state index contributed by atoms with van der Waals surface area (Å²) in [6, 6.07) is 2.19. The van der Waals surface area contributed by atoms with Gasteiger partial charge in [-0.15, -0.1) is 0 Å². The van der Waals surface area contributed by atoms with Gasteiger partial charge in [0, 0.05) is 50.3 Å². The van der Waals surface area contributed by atoms with Crippen molar-refractivity contribution in [3.05, 3.63) is 41.0 Å². The molecule has 4 heteroatoms. The van der Waals surface area contributed by atoms with Crippen LogP contribution in [0, 0.1) is 13.8 Å². The summed E-state index contributed by atoms with van der Waals surface area (Å²) in [7, 11) is 2.00. The van der Waals surface area contributed by atoms with Gasteiger partial charge in [-0.05, 0) is 31.9 Å². The highest BCUT2D eigenvalue weighted by Gasteiger charge is 2.08. The standard InChI is InChI=1S/C15H24N4/c1-5-7-19-8-6-14(11-19)9-16-10-15-12(2)17-18(4)13(15)3/h6,8,11,16H,5,7,9-10H2,1-4H3. The van der Waals surface area contributed by atoms with Crippen LogP contribution in [0.3, 0.4) is 0 Å². The topological polar surface area (TPSA) is 34.8 Å². The Kier molecular flexibility index (Phi) is 4.43. The highest BCUT2D eigenvalue weighted by atomic mass is 15.3. The van der Waals surface area contributed by atoms with Crippen molar-refractivity contribution >= 4 is 0 Å². The van der Waals surface area contributed by atoms with Crippen molar-refractivity contribution in [1.82, 2.24) is 19.7 Å². The Balaban J connectivity index is 1.89. The highest BCUT2D eigenvalue weighted by molar-refractivity contribution is 5.24. The van der Waals surface area contributed by atoms with Gasteiger partial charge in [0.25, 0.3) is 0 Å². The lowest BCUT2D eigenvalue weighted by Crippen LogP contribution is -2.13. The van der Waals surface area contributed by atoms with Gasteiger partial charge < -0.3 is 9.88 Å². The van der Waals surface area contributed by atoms with E-state index in [4.69, 9.17) is 0 Å². The molecule has 2 aromatic heterocycles. The molecule has 0 bridgehead atoms. The summed E-state index contributed by atoms with van der Waals surface area (Å²) in [5.41, 5.74) is 5.02. The molecule has 0 aliphatic rings. The predicted octanol–water partition coefficient (Wildman–Crippen LogP) is 2.54. The maximum atomic E-state index is 4.44. The van der Waals surface area contributed by atoms with E-state index >= 15 is 0 Å². The summed E-state index contributed by atoms with van der Waals surface area (Å²) in [4.78, 5) is 0. The van der Waals surface area contributed by atoms with Gasteiger partial charge in [-0.2, -0.15) is 5.10 Å². The van der Waals surface area contributed by atoms with E-state index in [1.165, 1.54) is 23.2 Å². The lowest BCUT2D eigenvalue weighted by Gasteiger charge is -2.04. The zero-order valence-electron chi connectivity index (χ0n) is 12.4. The molecule has 4 nitrogen and oxygen atoms in total. The molecular weight excluding hydrogens is 236 g/mol. The average molecular weight is 260 g/mol. The van der Waals surface area contributed by atoms with Crippen molar-refractivity contribution < 1.29 is 0 Å². The van der Waals surface area contributed by atoms with Crippen LogP contribution in [-0.4, -0.2) is 14.3 Å². The fourth-order valence-electron chi connectivity index (χ4n) is 2.40. The van der Waals surface area contributed by atoms with E-state index in [-0.39, 0.29) is 0 Å². The van der Waals surface area contributed by atoms with Gasteiger partial charge in [0.2, 0.25) is 0 Å². The van der Waals surface area contributed by atoms with Crippen LogP contribution in [-0.2, 0) is 26.7 Å². The van der Waals surface area contributed by atoms with Gasteiger partial charge in [-0.1, -0.05) is 6.92 Å². The first-order chi connectivity index (χ1) is 9.11. The molecule has 0 spiro atoms. The van der Waals surface area contributed by atoms with E-state index in [9.17, 15) is 0 Å². The average Bonchev–Trinajstić information content (AvgIpc) is 2.90. The van der Waals surface area contributed by atoms with Crippen LogP contribution in [0.4, 0.5) is 0 Å². The third-order valence-corrected chi connectivity index (χ3v) is 3.58. The summed E-state index contributed by atoms with van der Waals surface area (Å²) in [6.07, 6.45) is 5.55. The van der Waals surface area contributed by atoms with Crippen LogP contribution in [0.25, 0.3) is 0 Å². The van der Waals surface area contributed by atoms with E-state index in [2.05, 4.69) is 54.2 Å². The van der Waals surface area contributed by atoms with Gasteiger partial charge in [0.05, 0.1) is 5.69 Å². The van der Waals surface area contributed by atoms with Gasteiger partial charge in [-0.3, -0.25) is 4.68 Å². The minimum absolute atomic E-state index is 0.879. The summed E-state index contributed by atoms with van der Waals surface area (Å²) < 4.78 is 4.20. The Labute approximate surface area is 115 Å². The highest BCUT2D eigenvalue weighted by Crippen LogP contribution is 2.11. The second-order valence-electron chi connectivity index (χ2n) is 5.13. The third kappa shape index (κ3) is 3.26. The van der Waals surface area contributed by atoms with Crippen molar-refractivity contribution in [2.24, 2.45) is 7.05 Å². The van der Waals surface area contributed by atoms with Gasteiger partial charge in [0.1, 0.15) is 0 Å². The first kappa shape index (κ1) is 13.9. The van der Waals surface area contributed by atoms with Gasteiger partial charge in [0.15, 0.2) is 0 Å². The number of aryl methyl sites for hydroxylation is 3. The van der Waals surface area contributed by atoms with E-state index in [1.54, 1.807) is 0 Å². The molecule has 2 rings (SSSR count). The zero-order chi connectivity index (χ0) is 13.8. The zero-order valence-corrected chi connectivity index (χ0v) is 12.4. The van der Waals surface area contributed by atoms with Crippen LogP contribution >= 0.6 is 0 Å². The molecule has 2 aromatic rings. The van der Waals surface area contributed by atoms with Gasteiger partial charge in [-0.25, -0.2) is 0 Å². The first-order valence-corrected chi connectivity index (χ1v) is 6.96. The predicted molar refractivity (Wildman–Crippen MR) is 77.9 cm³/mol. The maximum Gasteiger partial charge on any atom is 0.0641 e. The Morgan fingerprint density at radius 3 is 2.68 bits per heavy atom. The molecule has 1 N–H and O–H groups in total. The van der Waals surface area contributed by atoms with Crippen molar-refractivity contribution in [3.63, 3.8) is 0 Å². The molecule has 104 valence electrons. The van der Waals surface area contributed by atoms with Crippen LogP contribution in [0.15, 0.2) is 18.5 Å². The van der Waals surface area contributed by atoms with E-state index in [0.29, 0.717) is 0 Å². The van der Waals surface area contributed by atoms with Crippen molar-refractivity contribution in [2.75, 3.05) is 0 Å². The number of nitrogens with zero attached hydrogens (tertiary/aromatic N) is 3. The third-order valence-electron chi connectivity index (χ3n) is 3.58. The number of hydrogen-bond donors (Lipinski definition) is 1. The van der Waals surface area contributed by atoms with E-state index in [1.807, 2.05) is 11.7 Å². The van der Waals surface area contributed by atoms with E-state index in [0.717, 1.165) is 25.3 Å². The summed E-state index contributed by atoms with van der Waals surface area (Å²) in [5.74, 6) is 0. The molecule has 0 aliphatic heterocycles. The summed E-state index contributed by atoms with van der Waals surface area (Å²) in [5, 5.41) is 7.94. The molecule has 0 fully saturated rings. The quantitative estimate of drug-likeness (QED) is 0.866. The van der Waals surface area contributed by atoms with Crippen LogP contribution < -0.4 is 5.32 Å². The lowest BCUT2D eigenvalue weighted by atomic mass is 10.2. The Bertz CT molecular complexity index is 536. The monoisotopic (exact) mass is 260 g/mol. The fraction of sp³-hybridized carbons (Fsp3) is 0.533. The molecule has 0 radical (unpaired) electrons. The van der Waals surface area contributed by atoms with Crippen molar-refractivity contribution in [2.45, 2.75) is 46.8 Å². The van der Waals surface area contributed by atoms with Gasteiger partial charge >= 0.3 is 0 Å². The van der Waals surface area contributed by atoms with Crippen molar-refractivity contribution in [3.8, 4) is 0 Å². The SMILES string of the molecule is CCCn1ccc(CNCc2c(C)nn(C)c2C)c1. The molecule has 0 aromatic carbocycles. The summed E-state index contributed by atoms with van der Waals surface area (Å²) >= 11 is 0. The number of aromatic nitrogens is 3. The molecule has 0 atom stereocenters. The second-order valence-corrected chi connectivity index (χ2v) is 5.13. The molecule has 0 saturated heterocycles. The Morgan fingerprint density at radius 2 is 2.05 bits per heavy atom. The summed E-state index contributed by atoms with van der Waals surface area (Å²) in [6.45, 7) is 9.28. The molecular formula is C15H24N4. The van der Waals surface area contributed by atoms with Crippen LogP contribution in [0.2, 0.25) is 0 Å². The second kappa shape index (κ2) is 6.06. The first-order valence-electron chi connectivity index (χ1n) is 6.96. The molecule has 2 heterocycles. The Morgan fingerprint density at radius 1 is 1.26 bits per heavy atom. The minimum Gasteiger partial charge on any atom is -0.354 e. The fourth-order valence-corrected chi connectivity index (χ4v) is 2.40. The largest absolute Gasteiger partial charge is 0.354 e.